The van der Waals surface area contributed by atoms with E-state index in [9.17, 15) is 33.6 Å². The average molecular weight is 526 g/mol. The molecule has 1 aliphatic carbocycles. The molecule has 14 nitrogen and oxygen atoms in total. The molecule has 5 N–H and O–H groups in total. The summed E-state index contributed by atoms with van der Waals surface area (Å²) in [6.07, 6.45) is 0.253. The van der Waals surface area contributed by atoms with Crippen LogP contribution in [0.4, 0.5) is 5.13 Å². The lowest BCUT2D eigenvalue weighted by atomic mass is 9.89. The topological polar surface area (TPSA) is 211 Å². The first-order chi connectivity index (χ1) is 16.5. The van der Waals surface area contributed by atoms with Crippen molar-refractivity contribution in [1.82, 2.24) is 15.2 Å². The van der Waals surface area contributed by atoms with Gasteiger partial charge < -0.3 is 30.8 Å². The first-order valence-corrected chi connectivity index (χ1v) is 12.6. The normalized spacial score (nSPS) is 32.6. The largest absolute Gasteiger partial charge is 0.478 e. The lowest BCUT2D eigenvalue weighted by Crippen LogP contribution is -2.82. The number of hydrogen-bond acceptors (Lipinski definition) is 12. The molecule has 16 heteroatoms. The van der Waals surface area contributed by atoms with Crippen LogP contribution in [0.15, 0.2) is 22.8 Å². The summed E-state index contributed by atoms with van der Waals surface area (Å²) < 4.78 is 18.0. The maximum Gasteiger partial charge on any atom is 0.370 e. The molecular weight excluding hydrogens is 506 g/mol. The highest BCUT2D eigenvalue weighted by Gasteiger charge is 2.73. The number of oxime groups is 1. The van der Waals surface area contributed by atoms with Gasteiger partial charge in [0.15, 0.2) is 10.8 Å². The van der Waals surface area contributed by atoms with Crippen LogP contribution in [0.1, 0.15) is 25.0 Å². The van der Waals surface area contributed by atoms with Crippen molar-refractivity contribution < 1.29 is 43.2 Å². The number of ether oxygens (including phenoxy) is 1. The number of rotatable bonds is 8. The monoisotopic (exact) mass is 525 g/mol. The van der Waals surface area contributed by atoms with Crippen LogP contribution in [-0.2, 0) is 39.6 Å². The summed E-state index contributed by atoms with van der Waals surface area (Å²) in [5.41, 5.74) is 2.18. The van der Waals surface area contributed by atoms with Crippen LogP contribution in [-0.4, -0.2) is 82.3 Å². The molecule has 35 heavy (non-hydrogen) atoms. The van der Waals surface area contributed by atoms with E-state index < -0.39 is 63.3 Å². The number of anilines is 1. The van der Waals surface area contributed by atoms with E-state index in [-0.39, 0.29) is 47.2 Å². The van der Waals surface area contributed by atoms with Crippen molar-refractivity contribution in [3.8, 4) is 0 Å². The van der Waals surface area contributed by atoms with Gasteiger partial charge in [0.05, 0.1) is 18.0 Å². The Hall–Kier alpha value is -3.53. The summed E-state index contributed by atoms with van der Waals surface area (Å²) in [6.45, 7) is 3.84. The minimum atomic E-state index is -2.21. The summed E-state index contributed by atoms with van der Waals surface area (Å²) in [6, 6.07) is -1.17. The molecule has 0 bridgehead atoms. The van der Waals surface area contributed by atoms with Crippen molar-refractivity contribution in [2.75, 3.05) is 11.5 Å². The van der Waals surface area contributed by atoms with E-state index in [0.29, 0.717) is 0 Å². The highest BCUT2D eigenvalue weighted by molar-refractivity contribution is 7.85. The zero-order valence-corrected chi connectivity index (χ0v) is 19.5. The summed E-state index contributed by atoms with van der Waals surface area (Å²) in [5, 5.41) is 26.5. The second kappa shape index (κ2) is 7.74. The molecule has 4 heterocycles. The molecule has 4 fully saturated rings. The Bertz CT molecular complexity index is 1240. The maximum atomic E-state index is 13.1. The quantitative estimate of drug-likeness (QED) is 0.137. The Morgan fingerprint density at radius 3 is 2.66 bits per heavy atom. The van der Waals surface area contributed by atoms with Crippen LogP contribution >= 0.6 is 11.3 Å². The predicted molar refractivity (Wildman–Crippen MR) is 118 cm³/mol. The second-order valence-electron chi connectivity index (χ2n) is 8.53. The Kier molecular flexibility index (Phi) is 5.14. The molecule has 5 atom stereocenters. The fraction of sp³-hybridized carbons (Fsp3) is 0.474. The minimum absolute atomic E-state index is 0.0126. The standard InChI is InChI=1S/C19H19N5O9S2/c1-7(11(9-5-34-17(20)22-9)23-33-18(2-3-18)15(27)28)21-12-13(26)24-14(12)35(31)6-8-4-10(25)32-19(8,24)16(29)30/h5,8,12,14,21H,1-4,6H2,(H2,20,22)(H,27,28)(H,29,30)/b23-11+/t8-,12+,14+,19+,35?/m0/s1. The Morgan fingerprint density at radius 2 is 2.09 bits per heavy atom. The molecule has 1 aromatic rings. The third-order valence-corrected chi connectivity index (χ3v) is 8.79. The fourth-order valence-electron chi connectivity index (χ4n) is 4.39. The Balaban J connectivity index is 1.41. The van der Waals surface area contributed by atoms with E-state index >= 15 is 0 Å². The van der Waals surface area contributed by atoms with Gasteiger partial charge in [-0.3, -0.25) is 18.7 Å². The number of carbonyl (C=O) groups is 4. The number of amides is 1. The minimum Gasteiger partial charge on any atom is -0.478 e. The third-order valence-electron chi connectivity index (χ3n) is 6.36. The highest BCUT2D eigenvalue weighted by Crippen LogP contribution is 2.48. The predicted octanol–water partition coefficient (Wildman–Crippen LogP) is -1.19. The van der Waals surface area contributed by atoms with Crippen LogP contribution < -0.4 is 11.1 Å². The Morgan fingerprint density at radius 1 is 1.37 bits per heavy atom. The van der Waals surface area contributed by atoms with Gasteiger partial charge in [-0.25, -0.2) is 14.6 Å². The van der Waals surface area contributed by atoms with Gasteiger partial charge in [-0.05, 0) is 0 Å². The van der Waals surface area contributed by atoms with E-state index in [1.54, 1.807) is 0 Å². The molecule has 5 rings (SSSR count). The molecule has 1 saturated carbocycles. The van der Waals surface area contributed by atoms with E-state index in [0.717, 1.165) is 16.2 Å². The number of aromatic nitrogens is 1. The number of nitrogens with zero attached hydrogens (tertiary/aromatic N) is 3. The lowest BCUT2D eigenvalue weighted by molar-refractivity contribution is -0.216. The van der Waals surface area contributed by atoms with Gasteiger partial charge in [0.25, 0.3) is 11.6 Å². The van der Waals surface area contributed by atoms with Crippen molar-refractivity contribution in [1.29, 1.82) is 0 Å². The number of allylic oxidation sites excluding steroid dienone is 1. The van der Waals surface area contributed by atoms with E-state index in [1.807, 2.05) is 0 Å². The van der Waals surface area contributed by atoms with Gasteiger partial charge in [0.1, 0.15) is 17.1 Å². The smallest absolute Gasteiger partial charge is 0.370 e. The number of nitrogens with one attached hydrogen (secondary N) is 1. The molecule has 1 aromatic heterocycles. The number of nitrogen functional groups attached to an aromatic ring is 1. The number of hydrogen-bond donors (Lipinski definition) is 4. The number of carboxylic acid groups (broad SMARTS) is 2. The maximum absolute atomic E-state index is 13.1. The highest BCUT2D eigenvalue weighted by atomic mass is 32.2. The van der Waals surface area contributed by atoms with Crippen LogP contribution in [0.2, 0.25) is 0 Å². The van der Waals surface area contributed by atoms with Gasteiger partial charge in [-0.2, -0.15) is 0 Å². The molecule has 1 unspecified atom stereocenters. The van der Waals surface area contributed by atoms with Crippen LogP contribution in [0.5, 0.6) is 0 Å². The van der Waals surface area contributed by atoms with Crippen LogP contribution in [0, 0.1) is 5.92 Å². The third kappa shape index (κ3) is 3.38. The fourth-order valence-corrected chi connectivity index (χ4v) is 6.86. The molecule has 0 aromatic carbocycles. The molecule has 3 aliphatic heterocycles. The molecular formula is C19H19N5O9S2. The van der Waals surface area contributed by atoms with Gasteiger partial charge in [0.2, 0.25) is 5.60 Å². The van der Waals surface area contributed by atoms with Crippen molar-refractivity contribution in [2.24, 2.45) is 11.1 Å². The zero-order chi connectivity index (χ0) is 25.3. The number of thiazole rings is 1. The summed E-state index contributed by atoms with van der Waals surface area (Å²) in [5.74, 6) is -5.33. The van der Waals surface area contributed by atoms with Crippen molar-refractivity contribution in [3.63, 3.8) is 0 Å². The SMILES string of the molecule is C=C(N[C@@H]1C(=O)N2[C@@H]1S(=O)C[C@@H]1CC(=O)O[C@@]12C(=O)O)/C(=N\OC1(C(=O)O)CC1)c1csc(N)n1. The molecule has 4 aliphatic rings. The molecule has 3 saturated heterocycles. The van der Waals surface area contributed by atoms with Crippen molar-refractivity contribution in [2.45, 2.75) is 42.0 Å². The summed E-state index contributed by atoms with van der Waals surface area (Å²) in [7, 11) is -1.71. The average Bonchev–Trinajstić information content (AvgIpc) is 3.35. The van der Waals surface area contributed by atoms with Gasteiger partial charge in [-0.15, -0.1) is 11.3 Å². The molecule has 0 spiro atoms. The number of fused-ring (bicyclic) bond motifs is 3. The number of aliphatic carboxylic acids is 2. The first-order valence-electron chi connectivity index (χ1n) is 10.3. The first kappa shape index (κ1) is 23.2. The number of esters is 1. The van der Waals surface area contributed by atoms with Crippen molar-refractivity contribution in [3.05, 3.63) is 23.3 Å². The van der Waals surface area contributed by atoms with E-state index in [1.165, 1.54) is 5.38 Å². The van der Waals surface area contributed by atoms with E-state index in [2.05, 4.69) is 22.0 Å². The number of carbonyl (C=O) groups excluding carboxylic acids is 2. The van der Waals surface area contributed by atoms with Crippen LogP contribution in [0.25, 0.3) is 0 Å². The summed E-state index contributed by atoms with van der Waals surface area (Å²) >= 11 is 1.08. The molecule has 0 radical (unpaired) electrons. The van der Waals surface area contributed by atoms with Gasteiger partial charge in [0, 0.05) is 34.8 Å². The molecule has 1 amide bonds. The number of nitrogens with two attached hydrogens (primary N) is 1. The van der Waals surface area contributed by atoms with Gasteiger partial charge in [-0.1, -0.05) is 11.7 Å². The zero-order valence-electron chi connectivity index (χ0n) is 17.8. The Labute approximate surface area is 203 Å². The van der Waals surface area contributed by atoms with Crippen LogP contribution in [0.3, 0.4) is 0 Å². The lowest BCUT2D eigenvalue weighted by Gasteiger charge is -2.56. The summed E-state index contributed by atoms with van der Waals surface area (Å²) in [4.78, 5) is 58.7. The second-order valence-corrected chi connectivity index (χ2v) is 11.0. The molecule has 186 valence electrons. The van der Waals surface area contributed by atoms with Gasteiger partial charge >= 0.3 is 17.9 Å². The number of carboxylic acids is 2. The van der Waals surface area contributed by atoms with E-state index in [4.69, 9.17) is 15.3 Å². The number of β-lactam (4-membered cyclic amide) rings is 1. The van der Waals surface area contributed by atoms with Crippen molar-refractivity contribution >= 4 is 56.8 Å².